The summed E-state index contributed by atoms with van der Waals surface area (Å²) in [7, 11) is 0. The quantitative estimate of drug-likeness (QED) is 0.203. The molecule has 126 valence electrons. The van der Waals surface area contributed by atoms with Gasteiger partial charge in [-0.2, -0.15) is 0 Å². The third-order valence-corrected chi connectivity index (χ3v) is 3.89. The van der Waals surface area contributed by atoms with Crippen molar-refractivity contribution in [2.75, 3.05) is 13.4 Å². The van der Waals surface area contributed by atoms with E-state index >= 15 is 0 Å². The summed E-state index contributed by atoms with van der Waals surface area (Å²) in [5.41, 5.74) is 0. The fraction of sp³-hybridized carbons (Fsp3) is 0.895. The molecule has 21 heavy (non-hydrogen) atoms. The Labute approximate surface area is 133 Å². The van der Waals surface area contributed by atoms with Gasteiger partial charge in [-0.05, 0) is 32.1 Å². The number of rotatable bonds is 17. The Kier molecular flexibility index (Phi) is 19.3. The van der Waals surface area contributed by atoms with Crippen molar-refractivity contribution in [3.05, 3.63) is 12.2 Å². The monoisotopic (exact) mass is 298 g/mol. The minimum Gasteiger partial charge on any atom is -0.371 e. The first-order chi connectivity index (χ1) is 10.4. The lowest BCUT2D eigenvalue weighted by atomic mass is 10.1. The van der Waals surface area contributed by atoms with Crippen LogP contribution in [0.15, 0.2) is 12.2 Å². The summed E-state index contributed by atoms with van der Waals surface area (Å²) in [4.78, 5) is 0. The summed E-state index contributed by atoms with van der Waals surface area (Å²) in [5.74, 6) is 0. The molecule has 0 aliphatic heterocycles. The van der Waals surface area contributed by atoms with E-state index in [2.05, 4.69) is 19.1 Å². The highest BCUT2D eigenvalue weighted by molar-refractivity contribution is 4.81. The lowest BCUT2D eigenvalue weighted by Crippen LogP contribution is -1.94. The smallest absolute Gasteiger partial charge is 0.143 e. The van der Waals surface area contributed by atoms with Crippen molar-refractivity contribution in [3.63, 3.8) is 0 Å². The van der Waals surface area contributed by atoms with Gasteiger partial charge >= 0.3 is 0 Å². The van der Waals surface area contributed by atoms with Gasteiger partial charge in [0.1, 0.15) is 6.79 Å². The Morgan fingerprint density at radius 3 is 1.67 bits per heavy atom. The highest BCUT2D eigenvalue weighted by Crippen LogP contribution is 2.09. The Balaban J connectivity index is 3.02. The molecule has 0 heterocycles. The van der Waals surface area contributed by atoms with E-state index in [-0.39, 0.29) is 6.79 Å². The van der Waals surface area contributed by atoms with Crippen molar-refractivity contribution in [3.8, 4) is 0 Å². The summed E-state index contributed by atoms with van der Waals surface area (Å²) >= 11 is 0. The third-order valence-electron chi connectivity index (χ3n) is 3.89. The highest BCUT2D eigenvalue weighted by atomic mass is 16.6. The molecule has 0 aromatic rings. The number of allylic oxidation sites excluding steroid dienone is 2. The number of aliphatic hydroxyl groups excluding tert-OH is 1. The van der Waals surface area contributed by atoms with E-state index < -0.39 is 0 Å². The molecule has 2 nitrogen and oxygen atoms in total. The van der Waals surface area contributed by atoms with Crippen LogP contribution < -0.4 is 0 Å². The largest absolute Gasteiger partial charge is 0.371 e. The molecule has 0 aromatic carbocycles. The van der Waals surface area contributed by atoms with Crippen molar-refractivity contribution < 1.29 is 9.84 Å². The summed E-state index contributed by atoms with van der Waals surface area (Å²) in [6.07, 6.45) is 23.3. The second kappa shape index (κ2) is 19.7. The number of aliphatic hydroxyl groups is 1. The van der Waals surface area contributed by atoms with Crippen LogP contribution in [0.2, 0.25) is 0 Å². The van der Waals surface area contributed by atoms with E-state index in [9.17, 15) is 0 Å². The minimum atomic E-state index is -0.134. The van der Waals surface area contributed by atoms with Crippen LogP contribution in [0.5, 0.6) is 0 Å². The van der Waals surface area contributed by atoms with Crippen LogP contribution in [-0.4, -0.2) is 18.5 Å². The van der Waals surface area contributed by atoms with Crippen LogP contribution in [-0.2, 0) is 4.74 Å². The van der Waals surface area contributed by atoms with Gasteiger partial charge in [-0.1, -0.05) is 76.9 Å². The van der Waals surface area contributed by atoms with Crippen molar-refractivity contribution in [2.24, 2.45) is 0 Å². The molecule has 0 spiro atoms. The number of hydrogen-bond donors (Lipinski definition) is 1. The third kappa shape index (κ3) is 19.7. The van der Waals surface area contributed by atoms with Gasteiger partial charge in [-0.15, -0.1) is 0 Å². The molecule has 0 rings (SSSR count). The normalized spacial score (nSPS) is 11.5. The van der Waals surface area contributed by atoms with Crippen LogP contribution in [0.4, 0.5) is 0 Å². The van der Waals surface area contributed by atoms with Crippen LogP contribution in [0, 0.1) is 0 Å². The zero-order valence-corrected chi connectivity index (χ0v) is 14.3. The minimum absolute atomic E-state index is 0.134. The average Bonchev–Trinajstić information content (AvgIpc) is 2.50. The first-order valence-corrected chi connectivity index (χ1v) is 9.25. The molecule has 0 unspecified atom stereocenters. The van der Waals surface area contributed by atoms with Gasteiger partial charge in [0.2, 0.25) is 0 Å². The Bertz CT molecular complexity index is 202. The van der Waals surface area contributed by atoms with Gasteiger partial charge in [0.25, 0.3) is 0 Å². The predicted molar refractivity (Wildman–Crippen MR) is 92.5 cm³/mol. The summed E-state index contributed by atoms with van der Waals surface area (Å²) in [6, 6.07) is 0. The maximum Gasteiger partial charge on any atom is 0.143 e. The average molecular weight is 299 g/mol. The topological polar surface area (TPSA) is 29.5 Å². The zero-order chi connectivity index (χ0) is 15.4. The molecular weight excluding hydrogens is 260 g/mol. The van der Waals surface area contributed by atoms with E-state index in [1.807, 2.05) is 0 Å². The van der Waals surface area contributed by atoms with Gasteiger partial charge in [0.05, 0.1) is 0 Å². The summed E-state index contributed by atoms with van der Waals surface area (Å²) in [6.45, 7) is 2.84. The van der Waals surface area contributed by atoms with Crippen LogP contribution in [0.1, 0.15) is 96.8 Å². The molecule has 0 radical (unpaired) electrons. The molecule has 1 N–H and O–H groups in total. The van der Waals surface area contributed by atoms with Crippen molar-refractivity contribution in [1.29, 1.82) is 0 Å². The predicted octanol–water partition coefficient (Wildman–Crippen LogP) is 5.99. The standard InChI is InChI=1S/C19H38O2/c1-2-3-4-5-6-7-8-9-10-11-12-13-14-15-16-17-18-21-19-20/h9-10,20H,2-8,11-19H2,1H3/b10-9-. The summed E-state index contributed by atoms with van der Waals surface area (Å²) < 4.78 is 4.90. The van der Waals surface area contributed by atoms with Gasteiger partial charge < -0.3 is 9.84 Å². The van der Waals surface area contributed by atoms with Crippen molar-refractivity contribution in [1.82, 2.24) is 0 Å². The first kappa shape index (κ1) is 20.7. The Morgan fingerprint density at radius 2 is 1.14 bits per heavy atom. The number of ether oxygens (including phenoxy) is 1. The molecule has 0 aliphatic carbocycles. The lowest BCUT2D eigenvalue weighted by molar-refractivity contribution is -0.00284. The van der Waals surface area contributed by atoms with Gasteiger partial charge in [0.15, 0.2) is 0 Å². The maximum absolute atomic E-state index is 8.46. The molecule has 2 heteroatoms. The van der Waals surface area contributed by atoms with Crippen LogP contribution in [0.3, 0.4) is 0 Å². The number of unbranched alkanes of at least 4 members (excludes halogenated alkanes) is 12. The second-order valence-corrected chi connectivity index (χ2v) is 5.98. The van der Waals surface area contributed by atoms with Crippen molar-refractivity contribution >= 4 is 0 Å². The molecule has 0 amide bonds. The van der Waals surface area contributed by atoms with Gasteiger partial charge in [-0.3, -0.25) is 0 Å². The fourth-order valence-electron chi connectivity index (χ4n) is 2.52. The fourth-order valence-corrected chi connectivity index (χ4v) is 2.52. The highest BCUT2D eigenvalue weighted by Gasteiger charge is 1.91. The molecular formula is C19H38O2. The lowest BCUT2D eigenvalue weighted by Gasteiger charge is -2.01. The van der Waals surface area contributed by atoms with Crippen LogP contribution >= 0.6 is 0 Å². The molecule has 0 fully saturated rings. The van der Waals surface area contributed by atoms with Gasteiger partial charge in [0, 0.05) is 6.61 Å². The zero-order valence-electron chi connectivity index (χ0n) is 14.3. The van der Waals surface area contributed by atoms with Crippen molar-refractivity contribution in [2.45, 2.75) is 96.8 Å². The SMILES string of the molecule is CCCCCCCC/C=C\CCCCCCCCOCO. The Hall–Kier alpha value is -0.340. The molecule has 0 aliphatic rings. The molecule has 0 saturated carbocycles. The molecule has 0 saturated heterocycles. The van der Waals surface area contributed by atoms with Crippen LogP contribution in [0.25, 0.3) is 0 Å². The molecule has 0 aromatic heterocycles. The van der Waals surface area contributed by atoms with E-state index in [1.54, 1.807) is 0 Å². The van der Waals surface area contributed by atoms with E-state index in [0.29, 0.717) is 6.61 Å². The first-order valence-electron chi connectivity index (χ1n) is 9.25. The van der Waals surface area contributed by atoms with Gasteiger partial charge in [-0.25, -0.2) is 0 Å². The van der Waals surface area contributed by atoms with E-state index in [1.165, 1.54) is 83.5 Å². The summed E-state index contributed by atoms with van der Waals surface area (Å²) in [5, 5.41) is 8.46. The maximum atomic E-state index is 8.46. The van der Waals surface area contributed by atoms with E-state index in [4.69, 9.17) is 9.84 Å². The Morgan fingerprint density at radius 1 is 0.667 bits per heavy atom. The number of hydrogen-bond acceptors (Lipinski definition) is 2. The molecule has 0 atom stereocenters. The second-order valence-electron chi connectivity index (χ2n) is 5.98. The van der Waals surface area contributed by atoms with E-state index in [0.717, 1.165) is 6.42 Å². The molecule has 0 bridgehead atoms.